The first-order valence-corrected chi connectivity index (χ1v) is 26.4. The maximum Gasteiger partial charge on any atom is 0.416 e. The fourth-order valence-electron chi connectivity index (χ4n) is 9.99. The van der Waals surface area contributed by atoms with Crippen LogP contribution in [0.4, 0.5) is 13.2 Å². The van der Waals surface area contributed by atoms with Gasteiger partial charge in [0.1, 0.15) is 48.3 Å². The van der Waals surface area contributed by atoms with Crippen molar-refractivity contribution < 1.29 is 61.4 Å². The smallest absolute Gasteiger partial charge is 0.391 e. The Morgan fingerprint density at radius 1 is 0.627 bits per heavy atom. The summed E-state index contributed by atoms with van der Waals surface area (Å²) in [4.78, 5) is 138. The number of carbonyl (C=O) groups is 9. The van der Waals surface area contributed by atoms with Gasteiger partial charge in [0.15, 0.2) is 0 Å². The first-order chi connectivity index (χ1) is 35.0. The Morgan fingerprint density at radius 2 is 1.15 bits per heavy atom. The van der Waals surface area contributed by atoms with Gasteiger partial charge in [-0.05, 0) is 101 Å². The molecule has 1 unspecified atom stereocenters. The maximum atomic E-state index is 15.0. The Labute approximate surface area is 440 Å². The Bertz CT molecular complexity index is 2200. The van der Waals surface area contributed by atoms with E-state index in [1.54, 1.807) is 4.90 Å². The van der Waals surface area contributed by atoms with E-state index in [4.69, 9.17) is 0 Å². The number of likely N-dealkylation sites (tertiary alicyclic amines) is 1. The number of benzene rings is 1. The van der Waals surface area contributed by atoms with Gasteiger partial charge in [0.05, 0.1) is 18.1 Å². The van der Waals surface area contributed by atoms with Crippen LogP contribution in [-0.2, 0) is 55.7 Å². The third-order valence-electron chi connectivity index (χ3n) is 14.6. The number of rotatable bonds is 10. The maximum absolute atomic E-state index is 15.0. The van der Waals surface area contributed by atoms with Crippen molar-refractivity contribution in [3.05, 3.63) is 35.4 Å². The van der Waals surface area contributed by atoms with Crippen LogP contribution in [0.3, 0.4) is 0 Å². The molecule has 420 valence electrons. The molecule has 1 aromatic carbocycles. The molecule has 0 radical (unpaired) electrons. The Morgan fingerprint density at radius 3 is 1.68 bits per heavy atom. The minimum atomic E-state index is -4.66. The highest BCUT2D eigenvalue weighted by atomic mass is 19.4. The fraction of sp³-hybridized carbons (Fsp3) is 0.717. The summed E-state index contributed by atoms with van der Waals surface area (Å²) in [5.41, 5.74) is -0.720. The van der Waals surface area contributed by atoms with Crippen LogP contribution in [0, 0.1) is 17.8 Å². The first kappa shape index (κ1) is 61.7. The normalized spacial score (nSPS) is 26.9. The minimum Gasteiger partial charge on any atom is -0.391 e. The van der Waals surface area contributed by atoms with E-state index in [-0.39, 0.29) is 62.0 Å². The van der Waals surface area contributed by atoms with Crippen LogP contribution in [0.2, 0.25) is 0 Å². The number of halogens is 3. The summed E-state index contributed by atoms with van der Waals surface area (Å²) in [7, 11) is 5.46. The van der Waals surface area contributed by atoms with Crippen LogP contribution in [0.15, 0.2) is 24.3 Å². The third-order valence-corrected chi connectivity index (χ3v) is 14.6. The van der Waals surface area contributed by atoms with Gasteiger partial charge in [-0.15, -0.1) is 0 Å². The van der Waals surface area contributed by atoms with E-state index in [0.717, 1.165) is 33.3 Å². The minimum absolute atomic E-state index is 0.0498. The highest BCUT2D eigenvalue weighted by Crippen LogP contribution is 2.30. The van der Waals surface area contributed by atoms with Gasteiger partial charge in [0.25, 0.3) is 0 Å². The number of nitrogens with zero attached hydrogens (tertiary/aromatic N) is 6. The van der Waals surface area contributed by atoms with E-state index in [1.807, 2.05) is 41.5 Å². The molecule has 0 aliphatic carbocycles. The number of fused-ring (bicyclic) bond motifs is 1. The lowest BCUT2D eigenvalue weighted by Gasteiger charge is -2.38. The SMILES string of the molecule is CC(C)C[C@H]1C(=O)N[C@@H](C(C)O)C(=O)N2CCC[C@H]2C(=O)N(C)[C@@H](C)C(=O)N[C@@H](Cc2ccc(C(F)(F)F)cc2)C(=O)N(C)[C@@H](CC(C)C)C(=O)N(C)[C@@H](CC(C)C)C(=O)N[C@H](C(=O)N2CCCCC2)CC(=O)N1C. The zero-order valence-corrected chi connectivity index (χ0v) is 45.9. The molecule has 0 aromatic heterocycles. The summed E-state index contributed by atoms with van der Waals surface area (Å²) in [6.07, 6.45) is -4.12. The Kier molecular flexibility index (Phi) is 22.1. The molecule has 3 aliphatic rings. The number of likely N-dealkylation sites (N-methyl/N-ethyl adjacent to an activating group) is 4. The molecule has 22 heteroatoms. The quantitative estimate of drug-likeness (QED) is 0.268. The van der Waals surface area contributed by atoms with E-state index in [1.165, 1.54) is 64.0 Å². The zero-order chi connectivity index (χ0) is 56.4. The van der Waals surface area contributed by atoms with Crippen LogP contribution in [-0.4, -0.2) is 190 Å². The van der Waals surface area contributed by atoms with E-state index >= 15 is 0 Å². The third kappa shape index (κ3) is 16.1. The first-order valence-electron chi connectivity index (χ1n) is 26.4. The number of piperidine rings is 1. The van der Waals surface area contributed by atoms with Gasteiger partial charge in [-0.1, -0.05) is 53.7 Å². The number of hydrogen-bond acceptors (Lipinski definition) is 10. The second kappa shape index (κ2) is 26.8. The van der Waals surface area contributed by atoms with Crippen molar-refractivity contribution in [2.75, 3.05) is 47.8 Å². The summed E-state index contributed by atoms with van der Waals surface area (Å²) in [6.45, 7) is 14.4. The average molecular weight is 1060 g/mol. The van der Waals surface area contributed by atoms with Crippen LogP contribution in [0.5, 0.6) is 0 Å². The summed E-state index contributed by atoms with van der Waals surface area (Å²) in [6, 6.07) is -6.76. The topological polar surface area (TPSA) is 229 Å². The van der Waals surface area contributed by atoms with Crippen molar-refractivity contribution in [2.45, 2.75) is 180 Å². The molecule has 3 fully saturated rings. The van der Waals surface area contributed by atoms with Gasteiger partial charge >= 0.3 is 6.18 Å². The molecule has 3 aliphatic heterocycles. The van der Waals surface area contributed by atoms with Gasteiger partial charge in [-0.3, -0.25) is 43.2 Å². The number of amides is 9. The molecule has 19 nitrogen and oxygen atoms in total. The predicted molar refractivity (Wildman–Crippen MR) is 273 cm³/mol. The Hall–Kier alpha value is -5.80. The molecular weight excluding hydrogens is 980 g/mol. The molecule has 4 rings (SSSR count). The average Bonchev–Trinajstić information content (AvgIpc) is 3.85. The lowest BCUT2D eigenvalue weighted by atomic mass is 9.96. The molecule has 9 atom stereocenters. The number of hydrogen-bond donors (Lipinski definition) is 4. The number of carbonyl (C=O) groups excluding carboxylic acids is 9. The predicted octanol–water partition coefficient (Wildman–Crippen LogP) is 2.96. The Balaban J connectivity index is 1.90. The van der Waals surface area contributed by atoms with E-state index in [9.17, 15) is 61.4 Å². The number of aliphatic hydroxyl groups is 1. The van der Waals surface area contributed by atoms with E-state index < -0.39 is 126 Å². The summed E-state index contributed by atoms with van der Waals surface area (Å²) in [5.74, 6) is -7.22. The molecule has 75 heavy (non-hydrogen) atoms. The van der Waals surface area contributed by atoms with E-state index in [2.05, 4.69) is 16.0 Å². The van der Waals surface area contributed by atoms with Crippen molar-refractivity contribution in [3.63, 3.8) is 0 Å². The molecule has 1 aromatic rings. The van der Waals surface area contributed by atoms with Crippen molar-refractivity contribution >= 4 is 53.2 Å². The van der Waals surface area contributed by atoms with Gasteiger partial charge in [-0.2, -0.15) is 13.2 Å². The molecule has 0 spiro atoms. The lowest BCUT2D eigenvalue weighted by molar-refractivity contribution is -0.151. The second-order valence-corrected chi connectivity index (χ2v) is 22.0. The van der Waals surface area contributed by atoms with Crippen molar-refractivity contribution in [1.29, 1.82) is 0 Å². The second-order valence-electron chi connectivity index (χ2n) is 22.0. The molecule has 9 amide bonds. The monoisotopic (exact) mass is 1060 g/mol. The lowest BCUT2D eigenvalue weighted by Crippen LogP contribution is -2.61. The van der Waals surface area contributed by atoms with E-state index in [0.29, 0.717) is 32.4 Å². The zero-order valence-electron chi connectivity index (χ0n) is 45.9. The van der Waals surface area contributed by atoms with Gasteiger partial charge in [-0.25, -0.2) is 0 Å². The molecular formula is C53H82F3N9O10. The van der Waals surface area contributed by atoms with Gasteiger partial charge < -0.3 is 50.5 Å². The molecule has 0 saturated carbocycles. The standard InChI is InChI=1S/C53H82F3N9O10/c1-30(2)25-40-47(70)59-44(34(8)66)52(75)65-24-16-17-39(65)50(73)60(9)33(7)45(68)57-37(28-35-18-20-36(21-19-35)53(54,55)56)48(71)63(12)42(27-32(5)6)51(74)62(11)41(26-31(3)4)46(69)58-38(29-43(67)61(40)10)49(72)64-22-14-13-15-23-64/h18-21,30-34,37-42,44,66H,13-17,22-29H2,1-12H3,(H,57,68)(H,58,69)(H,59,70)/t33-,34?,37-,38-,39-,40-,41-,42-,44-/m0/s1. The molecule has 3 saturated heterocycles. The van der Waals surface area contributed by atoms with Crippen molar-refractivity contribution in [1.82, 2.24) is 45.3 Å². The van der Waals surface area contributed by atoms with Crippen LogP contribution in [0.25, 0.3) is 0 Å². The number of nitrogens with one attached hydrogen (secondary N) is 3. The largest absolute Gasteiger partial charge is 0.416 e. The summed E-state index contributed by atoms with van der Waals surface area (Å²) < 4.78 is 40.9. The van der Waals surface area contributed by atoms with Crippen LogP contribution in [0.1, 0.15) is 124 Å². The fourth-order valence-corrected chi connectivity index (χ4v) is 9.99. The molecule has 3 heterocycles. The van der Waals surface area contributed by atoms with Gasteiger partial charge in [0.2, 0.25) is 53.2 Å². The van der Waals surface area contributed by atoms with Crippen LogP contribution < -0.4 is 16.0 Å². The summed E-state index contributed by atoms with van der Waals surface area (Å²) in [5, 5.41) is 19.2. The molecule has 0 bridgehead atoms. The number of aliphatic hydroxyl groups excluding tert-OH is 1. The van der Waals surface area contributed by atoms with Crippen molar-refractivity contribution in [3.8, 4) is 0 Å². The highest BCUT2D eigenvalue weighted by molar-refractivity contribution is 5.99. The highest BCUT2D eigenvalue weighted by Gasteiger charge is 2.45. The summed E-state index contributed by atoms with van der Waals surface area (Å²) >= 11 is 0. The molecule has 4 N–H and O–H groups in total. The van der Waals surface area contributed by atoms with Crippen molar-refractivity contribution in [2.24, 2.45) is 17.8 Å². The van der Waals surface area contributed by atoms with Crippen LogP contribution >= 0.6 is 0 Å². The number of alkyl halides is 3. The van der Waals surface area contributed by atoms with Gasteiger partial charge in [0, 0.05) is 54.2 Å².